The van der Waals surface area contributed by atoms with Gasteiger partial charge in [-0.2, -0.15) is 0 Å². The number of hydrogen-bond donors (Lipinski definition) is 1. The number of piperidine rings is 1. The minimum absolute atomic E-state index is 0.690. The van der Waals surface area contributed by atoms with Crippen LogP contribution in [-0.4, -0.2) is 30.6 Å². The molecule has 2 unspecified atom stereocenters. The lowest BCUT2D eigenvalue weighted by atomic mass is 9.92. The molecule has 0 aromatic rings. The molecule has 0 aromatic heterocycles. The lowest BCUT2D eigenvalue weighted by Gasteiger charge is -2.39. The van der Waals surface area contributed by atoms with Crippen molar-refractivity contribution in [3.8, 4) is 0 Å². The highest BCUT2D eigenvalue weighted by Gasteiger charge is 2.30. The van der Waals surface area contributed by atoms with Gasteiger partial charge in [0.1, 0.15) is 0 Å². The average molecular weight is 210 g/mol. The van der Waals surface area contributed by atoms with Crippen LogP contribution in [0.5, 0.6) is 0 Å². The van der Waals surface area contributed by atoms with E-state index in [1.807, 2.05) is 0 Å². The Hall–Kier alpha value is -0.0800. The van der Waals surface area contributed by atoms with Crippen molar-refractivity contribution in [1.29, 1.82) is 0 Å². The van der Waals surface area contributed by atoms with E-state index in [4.69, 9.17) is 5.73 Å². The van der Waals surface area contributed by atoms with Crippen molar-refractivity contribution in [2.75, 3.05) is 19.6 Å². The van der Waals surface area contributed by atoms with Crippen molar-refractivity contribution in [3.05, 3.63) is 0 Å². The minimum Gasteiger partial charge on any atom is -0.329 e. The highest BCUT2D eigenvalue weighted by atomic mass is 15.2. The molecule has 2 nitrogen and oxygen atoms in total. The Morgan fingerprint density at radius 1 is 1.20 bits per heavy atom. The molecule has 15 heavy (non-hydrogen) atoms. The maximum absolute atomic E-state index is 5.99. The second-order valence-electron chi connectivity index (χ2n) is 5.59. The van der Waals surface area contributed by atoms with Crippen LogP contribution in [0, 0.1) is 11.8 Å². The lowest BCUT2D eigenvalue weighted by Crippen LogP contribution is -2.49. The molecule has 1 saturated heterocycles. The van der Waals surface area contributed by atoms with Crippen molar-refractivity contribution in [3.63, 3.8) is 0 Å². The SMILES string of the molecule is CC1CCCN(C(CN)C2CCCC2)C1. The second kappa shape index (κ2) is 5.31. The van der Waals surface area contributed by atoms with Crippen molar-refractivity contribution in [2.45, 2.75) is 51.5 Å². The molecule has 1 aliphatic heterocycles. The smallest absolute Gasteiger partial charge is 0.0246 e. The van der Waals surface area contributed by atoms with Crippen LogP contribution in [0.25, 0.3) is 0 Å². The Labute approximate surface area is 94.2 Å². The van der Waals surface area contributed by atoms with E-state index in [2.05, 4.69) is 11.8 Å². The highest BCUT2D eigenvalue weighted by Crippen LogP contribution is 2.31. The molecule has 0 spiro atoms. The topological polar surface area (TPSA) is 29.3 Å². The Kier molecular flexibility index (Phi) is 4.04. The lowest BCUT2D eigenvalue weighted by molar-refractivity contribution is 0.0969. The first-order valence-electron chi connectivity index (χ1n) is 6.75. The monoisotopic (exact) mass is 210 g/mol. The summed E-state index contributed by atoms with van der Waals surface area (Å²) in [6, 6.07) is 0.690. The van der Waals surface area contributed by atoms with Crippen LogP contribution in [0.15, 0.2) is 0 Å². The maximum Gasteiger partial charge on any atom is 0.0246 e. The Morgan fingerprint density at radius 3 is 2.53 bits per heavy atom. The molecule has 2 fully saturated rings. The predicted molar refractivity (Wildman–Crippen MR) is 64.8 cm³/mol. The van der Waals surface area contributed by atoms with Gasteiger partial charge in [0.25, 0.3) is 0 Å². The van der Waals surface area contributed by atoms with E-state index in [1.54, 1.807) is 0 Å². The molecule has 2 atom stereocenters. The third-order valence-corrected chi connectivity index (χ3v) is 4.34. The summed E-state index contributed by atoms with van der Waals surface area (Å²) in [6.45, 7) is 5.84. The summed E-state index contributed by atoms with van der Waals surface area (Å²) in [5.41, 5.74) is 5.99. The van der Waals surface area contributed by atoms with Gasteiger partial charge in [-0.05, 0) is 44.1 Å². The van der Waals surface area contributed by atoms with E-state index >= 15 is 0 Å². The molecule has 0 bridgehead atoms. The Morgan fingerprint density at radius 2 is 1.93 bits per heavy atom. The van der Waals surface area contributed by atoms with E-state index in [1.165, 1.54) is 51.6 Å². The van der Waals surface area contributed by atoms with Crippen LogP contribution in [0.4, 0.5) is 0 Å². The van der Waals surface area contributed by atoms with Gasteiger partial charge in [-0.1, -0.05) is 19.8 Å². The zero-order valence-corrected chi connectivity index (χ0v) is 10.1. The number of hydrogen-bond acceptors (Lipinski definition) is 2. The molecule has 0 radical (unpaired) electrons. The van der Waals surface area contributed by atoms with E-state index in [0.717, 1.165) is 18.4 Å². The fourth-order valence-electron chi connectivity index (χ4n) is 3.51. The molecule has 2 heteroatoms. The van der Waals surface area contributed by atoms with E-state index in [0.29, 0.717) is 6.04 Å². The van der Waals surface area contributed by atoms with Gasteiger partial charge in [0.05, 0.1) is 0 Å². The standard InChI is InChI=1S/C13H26N2/c1-11-5-4-8-15(10-11)13(9-14)12-6-2-3-7-12/h11-13H,2-10,14H2,1H3. The van der Waals surface area contributed by atoms with Gasteiger partial charge in [-0.25, -0.2) is 0 Å². The van der Waals surface area contributed by atoms with E-state index < -0.39 is 0 Å². The molecule has 1 heterocycles. The van der Waals surface area contributed by atoms with Crippen LogP contribution < -0.4 is 5.73 Å². The molecular weight excluding hydrogens is 184 g/mol. The molecule has 0 aromatic carbocycles. The summed E-state index contributed by atoms with van der Waals surface area (Å²) < 4.78 is 0. The molecular formula is C13H26N2. The van der Waals surface area contributed by atoms with Gasteiger partial charge in [0.15, 0.2) is 0 Å². The first kappa shape index (κ1) is 11.4. The minimum atomic E-state index is 0.690. The summed E-state index contributed by atoms with van der Waals surface area (Å²) in [5, 5.41) is 0. The number of likely N-dealkylation sites (tertiary alicyclic amines) is 1. The molecule has 2 aliphatic rings. The number of rotatable bonds is 3. The van der Waals surface area contributed by atoms with Crippen LogP contribution >= 0.6 is 0 Å². The molecule has 1 saturated carbocycles. The Bertz CT molecular complexity index is 187. The largest absolute Gasteiger partial charge is 0.329 e. The summed E-state index contributed by atoms with van der Waals surface area (Å²) in [6.07, 6.45) is 8.51. The van der Waals surface area contributed by atoms with Gasteiger partial charge >= 0.3 is 0 Å². The fourth-order valence-corrected chi connectivity index (χ4v) is 3.51. The van der Waals surface area contributed by atoms with Crippen LogP contribution in [0.1, 0.15) is 45.4 Å². The van der Waals surface area contributed by atoms with Crippen molar-refractivity contribution < 1.29 is 0 Å². The van der Waals surface area contributed by atoms with E-state index in [-0.39, 0.29) is 0 Å². The molecule has 2 rings (SSSR count). The molecule has 2 N–H and O–H groups in total. The molecule has 1 aliphatic carbocycles. The second-order valence-corrected chi connectivity index (χ2v) is 5.59. The third-order valence-electron chi connectivity index (χ3n) is 4.34. The fraction of sp³-hybridized carbons (Fsp3) is 1.00. The number of nitrogens with two attached hydrogens (primary N) is 1. The van der Waals surface area contributed by atoms with Crippen molar-refractivity contribution >= 4 is 0 Å². The summed E-state index contributed by atoms with van der Waals surface area (Å²) in [5.74, 6) is 1.79. The van der Waals surface area contributed by atoms with Crippen LogP contribution in [0.2, 0.25) is 0 Å². The predicted octanol–water partition coefficient (Wildman–Crippen LogP) is 2.24. The van der Waals surface area contributed by atoms with Gasteiger partial charge in [0, 0.05) is 19.1 Å². The van der Waals surface area contributed by atoms with Crippen molar-refractivity contribution in [1.82, 2.24) is 4.90 Å². The summed E-state index contributed by atoms with van der Waals surface area (Å²) in [4.78, 5) is 2.68. The quantitative estimate of drug-likeness (QED) is 0.774. The first-order valence-corrected chi connectivity index (χ1v) is 6.75. The van der Waals surface area contributed by atoms with Crippen LogP contribution in [-0.2, 0) is 0 Å². The molecule has 0 amide bonds. The number of nitrogens with zero attached hydrogens (tertiary/aromatic N) is 1. The van der Waals surface area contributed by atoms with Gasteiger partial charge < -0.3 is 5.73 Å². The maximum atomic E-state index is 5.99. The van der Waals surface area contributed by atoms with Gasteiger partial charge in [0.2, 0.25) is 0 Å². The Balaban J connectivity index is 1.92. The van der Waals surface area contributed by atoms with Crippen LogP contribution in [0.3, 0.4) is 0 Å². The normalized spacial score (nSPS) is 32.0. The molecule has 88 valence electrons. The summed E-state index contributed by atoms with van der Waals surface area (Å²) >= 11 is 0. The third kappa shape index (κ3) is 2.73. The van der Waals surface area contributed by atoms with Gasteiger partial charge in [-0.3, -0.25) is 4.90 Å². The summed E-state index contributed by atoms with van der Waals surface area (Å²) in [7, 11) is 0. The zero-order valence-electron chi connectivity index (χ0n) is 10.1. The first-order chi connectivity index (χ1) is 7.31. The van der Waals surface area contributed by atoms with Crippen molar-refractivity contribution in [2.24, 2.45) is 17.6 Å². The highest BCUT2D eigenvalue weighted by molar-refractivity contribution is 4.86. The van der Waals surface area contributed by atoms with E-state index in [9.17, 15) is 0 Å². The van der Waals surface area contributed by atoms with Gasteiger partial charge in [-0.15, -0.1) is 0 Å². The zero-order chi connectivity index (χ0) is 10.7. The average Bonchev–Trinajstić information content (AvgIpc) is 2.72.